The summed E-state index contributed by atoms with van der Waals surface area (Å²) in [5.41, 5.74) is -1.05. The van der Waals surface area contributed by atoms with E-state index >= 15 is 0 Å². The SMILES string of the molecule is CC1COC(C2CCC(C(F)(F)Oc3ccc4c(F)c(C#CC(F)(F)F)c(F)cc4c3)CC2)OC1. The van der Waals surface area contributed by atoms with Crippen LogP contribution in [-0.2, 0) is 9.47 Å². The molecule has 0 bridgehead atoms. The summed E-state index contributed by atoms with van der Waals surface area (Å²) in [6.07, 6.45) is -7.50. The normalized spacial score (nSPS) is 25.7. The highest BCUT2D eigenvalue weighted by molar-refractivity contribution is 5.86. The third kappa shape index (κ3) is 6.01. The zero-order valence-corrected chi connectivity index (χ0v) is 18.7. The fraction of sp³-hybridized carbons (Fsp3) is 0.520. The van der Waals surface area contributed by atoms with Crippen molar-refractivity contribution >= 4 is 10.8 Å². The predicted octanol–water partition coefficient (Wildman–Crippen LogP) is 6.82. The Morgan fingerprint density at radius 1 is 0.943 bits per heavy atom. The molecule has 0 aromatic heterocycles. The maximum Gasteiger partial charge on any atom is 0.458 e. The third-order valence-electron chi connectivity index (χ3n) is 6.31. The molecule has 1 saturated carbocycles. The number of hydrogen-bond acceptors (Lipinski definition) is 3. The van der Waals surface area contributed by atoms with Gasteiger partial charge in [-0.3, -0.25) is 0 Å². The van der Waals surface area contributed by atoms with E-state index in [9.17, 15) is 30.7 Å². The van der Waals surface area contributed by atoms with E-state index in [0.29, 0.717) is 32.0 Å². The summed E-state index contributed by atoms with van der Waals surface area (Å²) in [5.74, 6) is -1.44. The number of alkyl halides is 5. The van der Waals surface area contributed by atoms with E-state index in [2.05, 4.69) is 0 Å². The Hall–Kier alpha value is -2.51. The van der Waals surface area contributed by atoms with E-state index in [1.54, 1.807) is 0 Å². The molecule has 1 aliphatic carbocycles. The Morgan fingerprint density at radius 2 is 1.60 bits per heavy atom. The van der Waals surface area contributed by atoms with Gasteiger partial charge in [-0.05, 0) is 55.3 Å². The zero-order chi connectivity index (χ0) is 25.4. The van der Waals surface area contributed by atoms with Crippen molar-refractivity contribution in [1.29, 1.82) is 0 Å². The molecule has 3 nitrogen and oxygen atoms in total. The molecule has 190 valence electrons. The van der Waals surface area contributed by atoms with Gasteiger partial charge in [-0.1, -0.05) is 12.8 Å². The molecule has 0 unspecified atom stereocenters. The maximum absolute atomic E-state index is 14.9. The van der Waals surface area contributed by atoms with E-state index in [4.69, 9.17) is 14.2 Å². The van der Waals surface area contributed by atoms with Crippen molar-refractivity contribution in [2.45, 2.75) is 51.2 Å². The molecular weight excluding hydrogens is 481 g/mol. The molecule has 2 aromatic rings. The molecule has 1 saturated heterocycles. The largest absolute Gasteiger partial charge is 0.458 e. The van der Waals surface area contributed by atoms with Crippen LogP contribution in [-0.4, -0.2) is 31.8 Å². The summed E-state index contributed by atoms with van der Waals surface area (Å²) in [7, 11) is 0. The lowest BCUT2D eigenvalue weighted by Crippen LogP contribution is -2.41. The number of hydrogen-bond donors (Lipinski definition) is 0. The summed E-state index contributed by atoms with van der Waals surface area (Å²) >= 11 is 0. The predicted molar refractivity (Wildman–Crippen MR) is 113 cm³/mol. The minimum Gasteiger partial charge on any atom is -0.432 e. The standard InChI is InChI=1S/C25H23F7O3/c1-14-12-33-23(34-13-14)15-2-4-17(5-3-15)25(31,32)35-18-6-7-19-16(10-18)11-21(26)20(22(19)27)8-9-24(28,29)30/h6-7,10-11,14-15,17,23H,2-5,12-13H2,1H3. The number of fused-ring (bicyclic) bond motifs is 1. The highest BCUT2D eigenvalue weighted by Gasteiger charge is 2.45. The average molecular weight is 504 g/mol. The Labute approximate surface area is 197 Å². The lowest BCUT2D eigenvalue weighted by molar-refractivity contribution is -0.246. The smallest absolute Gasteiger partial charge is 0.432 e. The minimum absolute atomic E-state index is 0.0239. The van der Waals surface area contributed by atoms with Crippen LogP contribution in [0.4, 0.5) is 30.7 Å². The van der Waals surface area contributed by atoms with E-state index < -0.39 is 41.7 Å². The van der Waals surface area contributed by atoms with Crippen LogP contribution in [0.25, 0.3) is 10.8 Å². The topological polar surface area (TPSA) is 27.7 Å². The molecule has 1 heterocycles. The van der Waals surface area contributed by atoms with Gasteiger partial charge in [0.05, 0.1) is 24.7 Å². The van der Waals surface area contributed by atoms with Crippen LogP contribution in [0.1, 0.15) is 38.2 Å². The molecule has 1 aliphatic heterocycles. The number of rotatable bonds is 4. The number of halogens is 7. The molecule has 0 amide bonds. The van der Waals surface area contributed by atoms with Crippen molar-refractivity contribution < 1.29 is 44.9 Å². The average Bonchev–Trinajstić information content (AvgIpc) is 2.78. The second-order valence-electron chi connectivity index (χ2n) is 9.09. The molecule has 0 radical (unpaired) electrons. The van der Waals surface area contributed by atoms with Crippen LogP contribution in [0.5, 0.6) is 5.75 Å². The van der Waals surface area contributed by atoms with Crippen LogP contribution >= 0.6 is 0 Å². The Morgan fingerprint density at radius 3 is 2.23 bits per heavy atom. The first kappa shape index (κ1) is 25.6. The van der Waals surface area contributed by atoms with Crippen LogP contribution in [0, 0.1) is 41.2 Å². The van der Waals surface area contributed by atoms with Gasteiger partial charge in [-0.25, -0.2) is 8.78 Å². The lowest BCUT2D eigenvalue weighted by atomic mass is 9.81. The first-order valence-electron chi connectivity index (χ1n) is 11.2. The fourth-order valence-corrected chi connectivity index (χ4v) is 4.47. The Bertz CT molecular complexity index is 1120. The van der Waals surface area contributed by atoms with Gasteiger partial charge in [-0.2, -0.15) is 22.0 Å². The van der Waals surface area contributed by atoms with Crippen molar-refractivity contribution in [3.8, 4) is 17.6 Å². The fourth-order valence-electron chi connectivity index (χ4n) is 4.47. The highest BCUT2D eigenvalue weighted by atomic mass is 19.4. The molecule has 2 fully saturated rings. The van der Waals surface area contributed by atoms with Gasteiger partial charge < -0.3 is 14.2 Å². The van der Waals surface area contributed by atoms with Gasteiger partial charge in [0.15, 0.2) is 6.29 Å². The monoisotopic (exact) mass is 504 g/mol. The molecule has 4 rings (SSSR count). The minimum atomic E-state index is -4.93. The number of ether oxygens (including phenoxy) is 3. The van der Waals surface area contributed by atoms with Crippen molar-refractivity contribution in [3.63, 3.8) is 0 Å². The van der Waals surface area contributed by atoms with Crippen LogP contribution in [0.2, 0.25) is 0 Å². The van der Waals surface area contributed by atoms with Crippen LogP contribution < -0.4 is 4.74 Å². The number of benzene rings is 2. The van der Waals surface area contributed by atoms with Gasteiger partial charge in [0.1, 0.15) is 17.4 Å². The van der Waals surface area contributed by atoms with Crippen LogP contribution in [0.3, 0.4) is 0 Å². The summed E-state index contributed by atoms with van der Waals surface area (Å²) in [4.78, 5) is 0. The first-order valence-corrected chi connectivity index (χ1v) is 11.2. The van der Waals surface area contributed by atoms with Crippen LogP contribution in [0.15, 0.2) is 24.3 Å². The Balaban J connectivity index is 1.45. The summed E-state index contributed by atoms with van der Waals surface area (Å²) in [6, 6.07) is 3.87. The van der Waals surface area contributed by atoms with Gasteiger partial charge >= 0.3 is 12.3 Å². The highest BCUT2D eigenvalue weighted by Crippen LogP contribution is 2.42. The van der Waals surface area contributed by atoms with E-state index in [-0.39, 0.29) is 35.3 Å². The van der Waals surface area contributed by atoms with E-state index in [1.807, 2.05) is 6.92 Å². The molecular formula is C25H23F7O3. The summed E-state index contributed by atoms with van der Waals surface area (Å²) < 4.78 is 112. The van der Waals surface area contributed by atoms with Gasteiger partial charge in [0, 0.05) is 23.1 Å². The molecule has 2 aromatic carbocycles. The second kappa shape index (κ2) is 9.86. The zero-order valence-electron chi connectivity index (χ0n) is 18.7. The van der Waals surface area contributed by atoms with Crippen molar-refractivity contribution in [2.24, 2.45) is 17.8 Å². The lowest BCUT2D eigenvalue weighted by Gasteiger charge is -2.38. The van der Waals surface area contributed by atoms with Crippen molar-refractivity contribution in [2.75, 3.05) is 13.2 Å². The second-order valence-corrected chi connectivity index (χ2v) is 9.09. The molecule has 10 heteroatoms. The molecule has 0 N–H and O–H groups in total. The van der Waals surface area contributed by atoms with Gasteiger partial charge in [0.2, 0.25) is 0 Å². The molecule has 0 spiro atoms. The quantitative estimate of drug-likeness (QED) is 0.338. The third-order valence-corrected chi connectivity index (χ3v) is 6.31. The van der Waals surface area contributed by atoms with E-state index in [0.717, 1.165) is 30.2 Å². The van der Waals surface area contributed by atoms with Gasteiger partial charge in [0.25, 0.3) is 0 Å². The first-order chi connectivity index (χ1) is 16.4. The van der Waals surface area contributed by atoms with Gasteiger partial charge in [-0.15, -0.1) is 0 Å². The summed E-state index contributed by atoms with van der Waals surface area (Å²) in [6.45, 7) is 3.15. The molecule has 35 heavy (non-hydrogen) atoms. The van der Waals surface area contributed by atoms with Crippen molar-refractivity contribution in [3.05, 3.63) is 41.5 Å². The van der Waals surface area contributed by atoms with Crippen molar-refractivity contribution in [1.82, 2.24) is 0 Å². The van der Waals surface area contributed by atoms with E-state index in [1.165, 1.54) is 5.92 Å². The summed E-state index contributed by atoms with van der Waals surface area (Å²) in [5, 5.41) is -0.411. The molecule has 0 atom stereocenters. The molecule has 2 aliphatic rings. The Kier molecular flexibility index (Phi) is 7.21. The maximum atomic E-state index is 14.9.